The monoisotopic (exact) mass is 762 g/mol. The highest BCUT2D eigenvalue weighted by Crippen LogP contribution is 2.34. The van der Waals surface area contributed by atoms with Crippen LogP contribution in [0.4, 0.5) is 0 Å². The molecule has 5 atom stereocenters. The van der Waals surface area contributed by atoms with Crippen LogP contribution in [-0.2, 0) is 47.8 Å². The molecule has 1 heterocycles. The summed E-state index contributed by atoms with van der Waals surface area (Å²) < 4.78 is 11.0. The van der Waals surface area contributed by atoms with Crippen LogP contribution in [0, 0.1) is 11.3 Å². The first-order valence-electron chi connectivity index (χ1n) is 18.8. The minimum atomic E-state index is -1.36. The van der Waals surface area contributed by atoms with Crippen LogP contribution in [-0.4, -0.2) is 103 Å². The Hall–Kier alpha value is -4.34. The lowest BCUT2D eigenvalue weighted by atomic mass is 9.73. The van der Waals surface area contributed by atoms with Gasteiger partial charge in [0, 0.05) is 44.5 Å². The van der Waals surface area contributed by atoms with Crippen molar-refractivity contribution >= 4 is 47.1 Å². The highest BCUT2D eigenvalue weighted by atomic mass is 16.5. The number of rotatable bonds is 8. The molecule has 304 valence electrons. The maximum absolute atomic E-state index is 14.1. The van der Waals surface area contributed by atoms with Crippen LogP contribution in [0.5, 0.6) is 0 Å². The van der Waals surface area contributed by atoms with E-state index >= 15 is 0 Å². The van der Waals surface area contributed by atoms with E-state index in [1.807, 2.05) is 13.8 Å². The van der Waals surface area contributed by atoms with Crippen molar-refractivity contribution in [1.82, 2.24) is 31.9 Å². The molecule has 16 heteroatoms. The Kier molecular flexibility index (Phi) is 17.3. The predicted octanol–water partition coefficient (Wildman–Crippen LogP) is 1.25. The third-order valence-electron chi connectivity index (χ3n) is 9.14. The van der Waals surface area contributed by atoms with Crippen molar-refractivity contribution in [2.75, 3.05) is 20.2 Å². The number of Topliss-reactive ketones (excluding diaryl/α,β-unsaturated/α-hetero) is 2. The summed E-state index contributed by atoms with van der Waals surface area (Å²) >= 11 is 0. The first kappa shape index (κ1) is 45.8. The zero-order valence-corrected chi connectivity index (χ0v) is 33.6. The highest BCUT2D eigenvalue weighted by Gasteiger charge is 2.39. The van der Waals surface area contributed by atoms with Gasteiger partial charge in [0.25, 0.3) is 0 Å². The molecule has 0 bridgehead atoms. The summed E-state index contributed by atoms with van der Waals surface area (Å²) in [4.78, 5) is 106. The molecule has 16 nitrogen and oxygen atoms in total. The van der Waals surface area contributed by atoms with Crippen molar-refractivity contribution in [3.05, 3.63) is 11.3 Å². The number of amides is 5. The van der Waals surface area contributed by atoms with Gasteiger partial charge in [0.1, 0.15) is 24.2 Å². The maximum atomic E-state index is 14.1. The quantitative estimate of drug-likeness (QED) is 0.117. The van der Waals surface area contributed by atoms with Crippen LogP contribution < -0.4 is 31.9 Å². The van der Waals surface area contributed by atoms with Crippen LogP contribution in [0.3, 0.4) is 0 Å². The van der Waals surface area contributed by atoms with E-state index in [0.717, 1.165) is 0 Å². The smallest absolute Gasteiger partial charge is 0.328 e. The van der Waals surface area contributed by atoms with E-state index in [4.69, 9.17) is 9.47 Å². The second-order valence-electron chi connectivity index (χ2n) is 16.3. The molecule has 0 radical (unpaired) electrons. The van der Waals surface area contributed by atoms with Gasteiger partial charge in [-0.1, -0.05) is 27.7 Å². The minimum absolute atomic E-state index is 0.00676. The average Bonchev–Trinajstić information content (AvgIpc) is 3.04. The van der Waals surface area contributed by atoms with E-state index in [1.54, 1.807) is 48.5 Å². The van der Waals surface area contributed by atoms with Crippen LogP contribution in [0.25, 0.3) is 0 Å². The minimum Gasteiger partial charge on any atom is -0.467 e. The fourth-order valence-electron chi connectivity index (χ4n) is 6.44. The summed E-state index contributed by atoms with van der Waals surface area (Å²) in [5, 5.41) is 16.6. The van der Waals surface area contributed by atoms with E-state index in [9.17, 15) is 38.4 Å². The van der Waals surface area contributed by atoms with Gasteiger partial charge in [-0.15, -0.1) is 0 Å². The first-order valence-corrected chi connectivity index (χ1v) is 18.8. The Morgan fingerprint density at radius 3 is 2.00 bits per heavy atom. The maximum Gasteiger partial charge on any atom is 0.328 e. The predicted molar refractivity (Wildman–Crippen MR) is 199 cm³/mol. The van der Waals surface area contributed by atoms with Gasteiger partial charge < -0.3 is 41.4 Å². The highest BCUT2D eigenvalue weighted by molar-refractivity contribution is 6.22. The van der Waals surface area contributed by atoms with Crippen molar-refractivity contribution in [1.29, 1.82) is 0 Å². The third kappa shape index (κ3) is 14.8. The van der Waals surface area contributed by atoms with Crippen LogP contribution >= 0.6 is 0 Å². The molecular weight excluding hydrogens is 700 g/mol. The van der Waals surface area contributed by atoms with Crippen molar-refractivity contribution < 1.29 is 47.8 Å². The molecule has 0 aromatic rings. The van der Waals surface area contributed by atoms with Crippen molar-refractivity contribution in [2.24, 2.45) is 11.3 Å². The van der Waals surface area contributed by atoms with Gasteiger partial charge in [0.05, 0.1) is 24.4 Å². The van der Waals surface area contributed by atoms with Gasteiger partial charge in [0.15, 0.2) is 11.6 Å². The van der Waals surface area contributed by atoms with E-state index in [2.05, 4.69) is 31.9 Å². The molecule has 2 fully saturated rings. The van der Waals surface area contributed by atoms with Gasteiger partial charge in [-0.25, -0.2) is 4.79 Å². The second-order valence-corrected chi connectivity index (χ2v) is 16.3. The van der Waals surface area contributed by atoms with E-state index in [1.165, 1.54) is 7.11 Å². The van der Waals surface area contributed by atoms with Gasteiger partial charge in [-0.2, -0.15) is 0 Å². The molecule has 2 rings (SSSR count). The lowest BCUT2D eigenvalue weighted by molar-refractivity contribution is -0.147. The molecular formula is C38H62N6O10. The Labute approximate surface area is 318 Å². The SMILES string of the molecule is COC(=O)C(NC(=O)[C@@H]1CCC(=O)NCCC(=O)NCCCC[C@H](NC(C)=C2C(=O)CC(C)(C)CC2=O)C(=O)N[C@@H](C(C)OC(C)(C)C)C(=O)N1)C(C)C. The van der Waals surface area contributed by atoms with Crippen LogP contribution in [0.2, 0.25) is 0 Å². The fourth-order valence-corrected chi connectivity index (χ4v) is 6.44. The van der Waals surface area contributed by atoms with E-state index < -0.39 is 70.9 Å². The Balaban J connectivity index is 2.56. The Morgan fingerprint density at radius 2 is 1.43 bits per heavy atom. The molecule has 1 saturated heterocycles. The normalized spacial score (nSPS) is 24.0. The third-order valence-corrected chi connectivity index (χ3v) is 9.14. The molecule has 6 N–H and O–H groups in total. The number of allylic oxidation sites excluding steroid dienone is 2. The molecule has 2 unspecified atom stereocenters. The summed E-state index contributed by atoms with van der Waals surface area (Å²) in [6.45, 7) is 15.9. The molecule has 5 amide bonds. The lowest BCUT2D eigenvalue weighted by Gasteiger charge is -2.33. The number of nitrogens with one attached hydrogen (secondary N) is 6. The Morgan fingerprint density at radius 1 is 0.833 bits per heavy atom. The molecule has 54 heavy (non-hydrogen) atoms. The summed E-state index contributed by atoms with van der Waals surface area (Å²) in [7, 11) is 1.18. The van der Waals surface area contributed by atoms with E-state index in [0.29, 0.717) is 19.4 Å². The molecule has 0 spiro atoms. The standard InChI is InChI=1S/C38H62N6O10/c1-21(2)31(36(52)53-10)43-34(50)25-14-15-28(47)40-18-16-29(48)39-17-12-11-13-24(41-22(3)30-26(45)19-38(8,9)20-27(30)46)33(49)44-32(35(51)42-25)23(4)54-37(5,6)7/h21,23-25,31-32,41H,11-20H2,1-10H3,(H,39,48)(H,40,47)(H,42,51)(H,43,50)(H,44,49)/t23?,24-,25-,31?,32-/m0/s1. The van der Waals surface area contributed by atoms with Gasteiger partial charge in [-0.05, 0) is 71.6 Å². The first-order chi connectivity index (χ1) is 25.0. The van der Waals surface area contributed by atoms with Gasteiger partial charge >= 0.3 is 5.97 Å². The van der Waals surface area contributed by atoms with Gasteiger partial charge in [-0.3, -0.25) is 33.6 Å². The lowest BCUT2D eigenvalue weighted by Crippen LogP contribution is -2.61. The summed E-state index contributed by atoms with van der Waals surface area (Å²) in [5.41, 5.74) is -0.998. The number of carbonyl (C=O) groups is 8. The molecule has 1 aliphatic heterocycles. The summed E-state index contributed by atoms with van der Waals surface area (Å²) in [5.74, 6) is -4.66. The zero-order valence-electron chi connectivity index (χ0n) is 33.6. The van der Waals surface area contributed by atoms with Crippen molar-refractivity contribution in [2.45, 2.75) is 150 Å². The number of esters is 1. The van der Waals surface area contributed by atoms with E-state index in [-0.39, 0.29) is 79.7 Å². The number of ketones is 2. The van der Waals surface area contributed by atoms with Crippen molar-refractivity contribution in [3.63, 3.8) is 0 Å². The van der Waals surface area contributed by atoms with Crippen LogP contribution in [0.15, 0.2) is 11.3 Å². The number of carbonyl (C=O) groups excluding carboxylic acids is 8. The molecule has 1 saturated carbocycles. The second kappa shape index (κ2) is 20.4. The molecule has 0 aromatic heterocycles. The molecule has 1 aliphatic carbocycles. The molecule has 2 aliphatic rings. The number of hydrogen-bond acceptors (Lipinski definition) is 11. The number of ether oxygens (including phenoxy) is 2. The summed E-state index contributed by atoms with van der Waals surface area (Å²) in [6.07, 6.45) is 0.121. The molecule has 0 aromatic carbocycles. The van der Waals surface area contributed by atoms with Gasteiger partial charge in [0.2, 0.25) is 29.5 Å². The Bertz CT molecular complexity index is 1430. The topological polar surface area (TPSA) is 227 Å². The summed E-state index contributed by atoms with van der Waals surface area (Å²) in [6, 6.07) is -4.77. The zero-order chi connectivity index (χ0) is 41.0. The van der Waals surface area contributed by atoms with Crippen molar-refractivity contribution in [3.8, 4) is 0 Å². The largest absolute Gasteiger partial charge is 0.467 e. The average molecular weight is 763 g/mol. The van der Waals surface area contributed by atoms with Crippen LogP contribution in [0.1, 0.15) is 114 Å². The number of hydrogen-bond donors (Lipinski definition) is 6. The fraction of sp³-hybridized carbons (Fsp3) is 0.737. The number of methoxy groups -OCH3 is 1.